The molecule has 5 nitrogen and oxygen atoms in total. The zero-order valence-corrected chi connectivity index (χ0v) is 13.7. The summed E-state index contributed by atoms with van der Waals surface area (Å²) in [5.41, 5.74) is 0.662. The molecule has 0 aliphatic carbocycles. The number of ether oxygens (including phenoxy) is 1. The van der Waals surface area contributed by atoms with Gasteiger partial charge in [-0.1, -0.05) is 30.4 Å². The number of carbonyl (C=O) groups excluding carboxylic acids is 2. The van der Waals surface area contributed by atoms with Crippen molar-refractivity contribution in [2.45, 2.75) is 12.8 Å². The fourth-order valence-corrected chi connectivity index (χ4v) is 2.17. The zero-order valence-electron chi connectivity index (χ0n) is 12.0. The maximum atomic E-state index is 12.0. The van der Waals surface area contributed by atoms with Gasteiger partial charge >= 0.3 is 5.97 Å². The van der Waals surface area contributed by atoms with Crippen LogP contribution in [0.3, 0.4) is 0 Å². The summed E-state index contributed by atoms with van der Waals surface area (Å²) in [4.78, 5) is 23.2. The third-order valence-corrected chi connectivity index (χ3v) is 3.36. The zero-order chi connectivity index (χ0) is 16.5. The van der Waals surface area contributed by atoms with E-state index in [0.29, 0.717) is 5.69 Å². The molecule has 1 aromatic carbocycles. The molecule has 0 heterocycles. The maximum Gasteiger partial charge on any atom is 0.305 e. The molecule has 0 aliphatic rings. The van der Waals surface area contributed by atoms with Crippen molar-refractivity contribution < 1.29 is 19.4 Å². The summed E-state index contributed by atoms with van der Waals surface area (Å²) in [6, 6.07) is 9.02. The summed E-state index contributed by atoms with van der Waals surface area (Å²) in [6.07, 6.45) is -0.0717. The Balaban J connectivity index is 2.93. The molecule has 0 aromatic heterocycles. The third kappa shape index (κ3) is 5.50. The number of nitrogens with one attached hydrogen (secondary N) is 1. The maximum absolute atomic E-state index is 12.0. The van der Waals surface area contributed by atoms with Gasteiger partial charge in [0, 0.05) is 12.1 Å². The number of aliphatic hydroxyl groups excluding tert-OH is 1. The van der Waals surface area contributed by atoms with Crippen LogP contribution in [0.4, 0.5) is 5.69 Å². The smallest absolute Gasteiger partial charge is 0.305 e. The molecule has 0 spiro atoms. The second kappa shape index (κ2) is 9.22. The van der Waals surface area contributed by atoms with Crippen LogP contribution in [-0.2, 0) is 14.3 Å². The van der Waals surface area contributed by atoms with Gasteiger partial charge in [0.1, 0.15) is 10.7 Å². The molecular formula is C15H17NO4S2. The molecule has 22 heavy (non-hydrogen) atoms. The number of ketones is 1. The highest BCUT2D eigenvalue weighted by molar-refractivity contribution is 7.81. The van der Waals surface area contributed by atoms with Gasteiger partial charge in [-0.2, -0.15) is 12.6 Å². The minimum absolute atomic E-state index is 0.0296. The molecule has 7 heteroatoms. The Hall–Kier alpha value is -1.86. The number of thiol groups is 1. The first-order valence-corrected chi connectivity index (χ1v) is 7.53. The van der Waals surface area contributed by atoms with E-state index in [4.69, 9.17) is 12.2 Å². The van der Waals surface area contributed by atoms with Crippen LogP contribution in [0.5, 0.6) is 0 Å². The van der Waals surface area contributed by atoms with Crippen molar-refractivity contribution in [3.63, 3.8) is 0 Å². The molecule has 0 atom stereocenters. The fraction of sp³-hybridized carbons (Fsp3) is 0.267. The normalized spacial score (nSPS) is 11.4. The van der Waals surface area contributed by atoms with Gasteiger partial charge in [-0.05, 0) is 12.1 Å². The van der Waals surface area contributed by atoms with Crippen molar-refractivity contribution in [1.29, 1.82) is 0 Å². The van der Waals surface area contributed by atoms with Gasteiger partial charge in [-0.25, -0.2) is 0 Å². The number of carbonyl (C=O) groups is 2. The number of Topliss-reactive ketones (excluding diaryl/α,β-unsaturated/α-hetero) is 1. The molecule has 0 radical (unpaired) electrons. The number of hydrogen-bond donors (Lipinski definition) is 3. The van der Waals surface area contributed by atoms with Crippen molar-refractivity contribution in [2.75, 3.05) is 18.2 Å². The Morgan fingerprint density at radius 1 is 1.27 bits per heavy atom. The van der Waals surface area contributed by atoms with E-state index < -0.39 is 11.8 Å². The van der Waals surface area contributed by atoms with Crippen LogP contribution < -0.4 is 5.32 Å². The highest BCUT2D eigenvalue weighted by Crippen LogP contribution is 2.16. The number of anilines is 1. The Labute approximate surface area is 139 Å². The van der Waals surface area contributed by atoms with Crippen LogP contribution >= 0.6 is 24.8 Å². The first-order chi connectivity index (χ1) is 10.5. The van der Waals surface area contributed by atoms with E-state index in [1.165, 1.54) is 7.11 Å². The van der Waals surface area contributed by atoms with E-state index in [0.717, 1.165) is 0 Å². The topological polar surface area (TPSA) is 75.6 Å². The fourth-order valence-electron chi connectivity index (χ4n) is 1.66. The first-order valence-electron chi connectivity index (χ1n) is 6.49. The van der Waals surface area contributed by atoms with Crippen LogP contribution in [0.25, 0.3) is 0 Å². The molecule has 2 N–H and O–H groups in total. The summed E-state index contributed by atoms with van der Waals surface area (Å²) in [5.74, 6) is -1.25. The highest BCUT2D eigenvalue weighted by Gasteiger charge is 2.20. The molecule has 0 fully saturated rings. The van der Waals surface area contributed by atoms with E-state index >= 15 is 0 Å². The molecule has 0 saturated carbocycles. The van der Waals surface area contributed by atoms with Gasteiger partial charge in [0.15, 0.2) is 5.78 Å². The SMILES string of the molecule is COC(=O)CCC(O)=C(C(=O)CS)C(=S)Nc1ccccc1. The number of benzene rings is 1. The lowest BCUT2D eigenvalue weighted by atomic mass is 10.1. The third-order valence-electron chi connectivity index (χ3n) is 2.76. The first kappa shape index (κ1) is 18.2. The average molecular weight is 339 g/mol. The predicted octanol–water partition coefficient (Wildman–Crippen LogP) is 2.69. The average Bonchev–Trinajstić information content (AvgIpc) is 2.53. The van der Waals surface area contributed by atoms with Crippen molar-refractivity contribution >= 4 is 47.3 Å². The van der Waals surface area contributed by atoms with Gasteiger partial charge in [-0.3, -0.25) is 9.59 Å². The van der Waals surface area contributed by atoms with Crippen molar-refractivity contribution in [3.8, 4) is 0 Å². The summed E-state index contributed by atoms with van der Waals surface area (Å²) >= 11 is 9.11. The molecule has 118 valence electrons. The molecule has 0 saturated heterocycles. The summed E-state index contributed by atoms with van der Waals surface area (Å²) < 4.78 is 4.50. The minimum atomic E-state index is -0.480. The van der Waals surface area contributed by atoms with E-state index in [2.05, 4.69) is 22.7 Å². The number of rotatable bonds is 7. The molecule has 0 amide bonds. The number of para-hydroxylation sites is 1. The quantitative estimate of drug-likeness (QED) is 0.233. The van der Waals surface area contributed by atoms with Crippen molar-refractivity contribution in [2.24, 2.45) is 0 Å². The lowest BCUT2D eigenvalue weighted by molar-refractivity contribution is -0.140. The van der Waals surface area contributed by atoms with Gasteiger partial charge in [0.2, 0.25) is 0 Å². The van der Waals surface area contributed by atoms with E-state index in [-0.39, 0.29) is 34.9 Å². The van der Waals surface area contributed by atoms with Gasteiger partial charge in [-0.15, -0.1) is 0 Å². The van der Waals surface area contributed by atoms with Crippen molar-refractivity contribution in [3.05, 3.63) is 41.7 Å². The Kier molecular flexibility index (Phi) is 7.62. The van der Waals surface area contributed by atoms with Crippen LogP contribution in [0.15, 0.2) is 41.7 Å². The van der Waals surface area contributed by atoms with Crippen LogP contribution in [0.1, 0.15) is 12.8 Å². The standard InChI is InChI=1S/C15H17NO4S2/c1-20-13(19)8-7-11(17)14(12(18)9-21)15(22)16-10-5-3-2-4-6-10/h2-6,17,21H,7-9H2,1H3,(H,16,22). The Morgan fingerprint density at radius 2 is 1.91 bits per heavy atom. The second-order valence-electron chi connectivity index (χ2n) is 4.30. The Morgan fingerprint density at radius 3 is 2.45 bits per heavy atom. The van der Waals surface area contributed by atoms with Crippen LogP contribution in [0.2, 0.25) is 0 Å². The summed E-state index contributed by atoms with van der Waals surface area (Å²) in [6.45, 7) is 0. The van der Waals surface area contributed by atoms with Gasteiger partial charge in [0.25, 0.3) is 0 Å². The second-order valence-corrected chi connectivity index (χ2v) is 5.02. The predicted molar refractivity (Wildman–Crippen MR) is 92.4 cm³/mol. The highest BCUT2D eigenvalue weighted by atomic mass is 32.1. The van der Waals surface area contributed by atoms with Gasteiger partial charge < -0.3 is 15.2 Å². The number of thiocarbonyl (C=S) groups is 1. The van der Waals surface area contributed by atoms with Crippen molar-refractivity contribution in [1.82, 2.24) is 0 Å². The largest absolute Gasteiger partial charge is 0.511 e. The number of methoxy groups -OCH3 is 1. The minimum Gasteiger partial charge on any atom is -0.511 e. The van der Waals surface area contributed by atoms with Gasteiger partial charge in [0.05, 0.1) is 24.9 Å². The summed E-state index contributed by atoms with van der Waals surface area (Å²) in [5, 5.41) is 13.0. The molecule has 0 bridgehead atoms. The number of aliphatic hydroxyl groups is 1. The van der Waals surface area contributed by atoms with Crippen LogP contribution in [0, 0.1) is 0 Å². The number of hydrogen-bond acceptors (Lipinski definition) is 6. The molecular weight excluding hydrogens is 322 g/mol. The number of allylic oxidation sites excluding steroid dienone is 1. The van der Waals surface area contributed by atoms with E-state index in [9.17, 15) is 14.7 Å². The van der Waals surface area contributed by atoms with E-state index in [1.54, 1.807) is 12.1 Å². The monoisotopic (exact) mass is 339 g/mol. The summed E-state index contributed by atoms with van der Waals surface area (Å²) in [7, 11) is 1.25. The number of esters is 1. The molecule has 0 aliphatic heterocycles. The Bertz CT molecular complexity index is 584. The van der Waals surface area contributed by atoms with E-state index in [1.807, 2.05) is 18.2 Å². The lowest BCUT2D eigenvalue weighted by Crippen LogP contribution is -2.22. The molecule has 0 unspecified atom stereocenters. The van der Waals surface area contributed by atoms with Crippen LogP contribution in [-0.4, -0.2) is 34.7 Å². The lowest BCUT2D eigenvalue weighted by Gasteiger charge is -2.12. The molecule has 1 aromatic rings. The molecule has 1 rings (SSSR count).